The number of nitrogens with one attached hydrogen (secondary N) is 2. The van der Waals surface area contributed by atoms with Crippen LogP contribution in [-0.4, -0.2) is 58.3 Å². The van der Waals surface area contributed by atoms with Crippen molar-refractivity contribution < 1.29 is 19.2 Å². The lowest BCUT2D eigenvalue weighted by molar-refractivity contribution is -0.141. The third-order valence-electron chi connectivity index (χ3n) is 4.81. The van der Waals surface area contributed by atoms with Gasteiger partial charge in [0.15, 0.2) is 0 Å². The minimum atomic E-state index is -0.742. The first-order valence-corrected chi connectivity index (χ1v) is 10.1. The number of rotatable bonds is 6. The van der Waals surface area contributed by atoms with E-state index in [1.165, 1.54) is 16.7 Å². The van der Waals surface area contributed by atoms with Gasteiger partial charge in [0.2, 0.25) is 23.6 Å². The van der Waals surface area contributed by atoms with E-state index in [0.717, 1.165) is 0 Å². The lowest BCUT2D eigenvalue weighted by Crippen LogP contribution is -2.59. The lowest BCUT2D eigenvalue weighted by Gasteiger charge is -2.32. The highest BCUT2D eigenvalue weighted by Crippen LogP contribution is 2.23. The van der Waals surface area contributed by atoms with E-state index in [2.05, 4.69) is 10.6 Å². The van der Waals surface area contributed by atoms with Crippen molar-refractivity contribution in [2.75, 3.05) is 11.6 Å². The van der Waals surface area contributed by atoms with E-state index in [0.29, 0.717) is 30.9 Å². The Morgan fingerprint density at radius 3 is 2.69 bits per heavy atom. The smallest absolute Gasteiger partial charge is 0.246 e. The molecular weight excluding hydrogens is 356 g/mol. The number of hydrogen-bond donors (Lipinski definition) is 3. The average Bonchev–Trinajstić information content (AvgIpc) is 3.05. The molecule has 0 aromatic carbocycles. The van der Waals surface area contributed by atoms with Crippen molar-refractivity contribution in [1.29, 1.82) is 0 Å². The SMILES string of the molecule is CC(C)C[C@H](NC(=O)C1NC(=O)CCC1C)C(=O)N1CSCC1C(N)=O. The Morgan fingerprint density at radius 1 is 1.38 bits per heavy atom. The minimum absolute atomic E-state index is 0.00297. The van der Waals surface area contributed by atoms with Crippen LogP contribution in [0.25, 0.3) is 0 Å². The van der Waals surface area contributed by atoms with Crippen LogP contribution in [0.15, 0.2) is 0 Å². The van der Waals surface area contributed by atoms with Crippen LogP contribution in [-0.2, 0) is 19.2 Å². The van der Waals surface area contributed by atoms with Crippen LogP contribution >= 0.6 is 11.8 Å². The maximum absolute atomic E-state index is 13.0. The molecule has 0 radical (unpaired) electrons. The third kappa shape index (κ3) is 4.90. The van der Waals surface area contributed by atoms with E-state index in [-0.39, 0.29) is 29.6 Å². The maximum atomic E-state index is 13.0. The molecule has 146 valence electrons. The Morgan fingerprint density at radius 2 is 2.08 bits per heavy atom. The van der Waals surface area contributed by atoms with Gasteiger partial charge in [-0.1, -0.05) is 20.8 Å². The molecule has 26 heavy (non-hydrogen) atoms. The normalized spacial score (nSPS) is 27.2. The van der Waals surface area contributed by atoms with E-state index in [4.69, 9.17) is 5.73 Å². The standard InChI is InChI=1S/C17H28N4O4S/c1-9(2)6-11(17(25)21-8-26-7-12(21)15(18)23)19-16(24)14-10(3)4-5-13(22)20-14/h9-12,14H,4-8H2,1-3H3,(H2,18,23)(H,19,24)(H,20,22)/t10?,11-,12?,14?/m0/s1. The molecule has 4 amide bonds. The fourth-order valence-electron chi connectivity index (χ4n) is 3.29. The second-order valence-corrected chi connectivity index (χ2v) is 8.48. The van der Waals surface area contributed by atoms with Gasteiger partial charge in [0.1, 0.15) is 18.1 Å². The van der Waals surface area contributed by atoms with E-state index in [1.54, 1.807) is 0 Å². The zero-order chi connectivity index (χ0) is 19.4. The predicted molar refractivity (Wildman–Crippen MR) is 98.9 cm³/mol. The van der Waals surface area contributed by atoms with Crippen molar-refractivity contribution in [3.05, 3.63) is 0 Å². The number of nitrogens with two attached hydrogens (primary N) is 1. The topological polar surface area (TPSA) is 122 Å². The number of primary amides is 1. The first kappa shape index (κ1) is 20.5. The number of carbonyl (C=O) groups is 4. The summed E-state index contributed by atoms with van der Waals surface area (Å²) in [6.07, 6.45) is 1.50. The van der Waals surface area contributed by atoms with Gasteiger partial charge in [-0.25, -0.2) is 0 Å². The van der Waals surface area contributed by atoms with Crippen molar-refractivity contribution in [2.45, 2.75) is 58.2 Å². The molecule has 2 aliphatic rings. The van der Waals surface area contributed by atoms with Gasteiger partial charge in [-0.2, -0.15) is 0 Å². The summed E-state index contributed by atoms with van der Waals surface area (Å²) in [6.45, 7) is 5.83. The van der Waals surface area contributed by atoms with E-state index in [1.807, 2.05) is 20.8 Å². The molecule has 2 aliphatic heterocycles. The molecule has 0 saturated carbocycles. The molecule has 2 fully saturated rings. The summed E-state index contributed by atoms with van der Waals surface area (Å²) in [6, 6.07) is -2.03. The maximum Gasteiger partial charge on any atom is 0.246 e. The molecule has 0 aliphatic carbocycles. The summed E-state index contributed by atoms with van der Waals surface area (Å²) in [5.74, 6) is -0.311. The van der Waals surface area contributed by atoms with Crippen LogP contribution in [0.2, 0.25) is 0 Å². The van der Waals surface area contributed by atoms with Crippen LogP contribution < -0.4 is 16.4 Å². The predicted octanol–water partition coefficient (Wildman–Crippen LogP) is -0.181. The van der Waals surface area contributed by atoms with Gasteiger partial charge >= 0.3 is 0 Å². The molecular formula is C17H28N4O4S. The summed E-state index contributed by atoms with van der Waals surface area (Å²) in [4.78, 5) is 50.3. The quantitative estimate of drug-likeness (QED) is 0.586. The lowest BCUT2D eigenvalue weighted by atomic mass is 9.91. The molecule has 0 bridgehead atoms. The van der Waals surface area contributed by atoms with Gasteiger partial charge in [-0.15, -0.1) is 11.8 Å². The van der Waals surface area contributed by atoms with Gasteiger partial charge in [-0.05, 0) is 24.7 Å². The number of carbonyl (C=O) groups excluding carboxylic acids is 4. The van der Waals surface area contributed by atoms with Crippen molar-refractivity contribution in [3.8, 4) is 0 Å². The summed E-state index contributed by atoms with van der Waals surface area (Å²) in [5, 5.41) is 5.50. The highest BCUT2D eigenvalue weighted by molar-refractivity contribution is 7.99. The molecule has 9 heteroatoms. The van der Waals surface area contributed by atoms with Crippen LogP contribution in [0.1, 0.15) is 40.0 Å². The molecule has 8 nitrogen and oxygen atoms in total. The van der Waals surface area contributed by atoms with Gasteiger partial charge in [0.25, 0.3) is 0 Å². The molecule has 0 spiro atoms. The zero-order valence-corrected chi connectivity index (χ0v) is 16.3. The number of amides is 4. The molecule has 2 heterocycles. The van der Waals surface area contributed by atoms with E-state index in [9.17, 15) is 19.2 Å². The number of thioether (sulfide) groups is 1. The van der Waals surface area contributed by atoms with Gasteiger partial charge in [-0.3, -0.25) is 19.2 Å². The first-order valence-electron chi connectivity index (χ1n) is 8.98. The fraction of sp³-hybridized carbons (Fsp3) is 0.765. The fourth-order valence-corrected chi connectivity index (χ4v) is 4.46. The molecule has 2 saturated heterocycles. The number of hydrogen-bond acceptors (Lipinski definition) is 5. The Kier molecular flexibility index (Phi) is 6.91. The monoisotopic (exact) mass is 384 g/mol. The highest BCUT2D eigenvalue weighted by atomic mass is 32.2. The zero-order valence-electron chi connectivity index (χ0n) is 15.5. The van der Waals surface area contributed by atoms with Gasteiger partial charge in [0, 0.05) is 12.2 Å². The largest absolute Gasteiger partial charge is 0.368 e. The second kappa shape index (κ2) is 8.75. The van der Waals surface area contributed by atoms with Crippen molar-refractivity contribution in [2.24, 2.45) is 17.6 Å². The Balaban J connectivity index is 2.11. The van der Waals surface area contributed by atoms with E-state index < -0.39 is 24.0 Å². The summed E-state index contributed by atoms with van der Waals surface area (Å²) in [5.41, 5.74) is 5.40. The van der Waals surface area contributed by atoms with Crippen LogP contribution in [0, 0.1) is 11.8 Å². The third-order valence-corrected chi connectivity index (χ3v) is 5.82. The van der Waals surface area contributed by atoms with E-state index >= 15 is 0 Å². The second-order valence-electron chi connectivity index (χ2n) is 7.48. The van der Waals surface area contributed by atoms with Crippen LogP contribution in [0.3, 0.4) is 0 Å². The van der Waals surface area contributed by atoms with Gasteiger partial charge < -0.3 is 21.3 Å². The average molecular weight is 385 g/mol. The van der Waals surface area contributed by atoms with Crippen molar-refractivity contribution in [3.63, 3.8) is 0 Å². The molecule has 4 N–H and O–H groups in total. The summed E-state index contributed by atoms with van der Waals surface area (Å²) < 4.78 is 0. The molecule has 0 aromatic rings. The minimum Gasteiger partial charge on any atom is -0.368 e. The molecule has 2 rings (SSSR count). The number of piperidine rings is 1. The van der Waals surface area contributed by atoms with Crippen molar-refractivity contribution >= 4 is 35.4 Å². The Labute approximate surface area is 158 Å². The summed E-state index contributed by atoms with van der Waals surface area (Å²) in [7, 11) is 0. The molecule has 0 aromatic heterocycles. The Bertz CT molecular complexity index is 583. The van der Waals surface area contributed by atoms with Gasteiger partial charge in [0.05, 0.1) is 5.88 Å². The Hall–Kier alpha value is -1.77. The van der Waals surface area contributed by atoms with Crippen LogP contribution in [0.5, 0.6) is 0 Å². The first-order chi connectivity index (χ1) is 12.2. The highest BCUT2D eigenvalue weighted by Gasteiger charge is 2.39. The van der Waals surface area contributed by atoms with Crippen LogP contribution in [0.4, 0.5) is 0 Å². The number of nitrogens with zero attached hydrogens (tertiary/aromatic N) is 1. The molecule has 3 unspecified atom stereocenters. The summed E-state index contributed by atoms with van der Waals surface area (Å²) >= 11 is 1.47. The van der Waals surface area contributed by atoms with Crippen molar-refractivity contribution in [1.82, 2.24) is 15.5 Å². The molecule has 4 atom stereocenters.